The van der Waals surface area contributed by atoms with Crippen molar-refractivity contribution in [3.8, 4) is 5.75 Å². The van der Waals surface area contributed by atoms with Gasteiger partial charge in [-0.3, -0.25) is 11.3 Å². The van der Waals surface area contributed by atoms with Crippen LogP contribution in [0.15, 0.2) is 24.3 Å². The van der Waals surface area contributed by atoms with Crippen molar-refractivity contribution < 1.29 is 9.47 Å². The van der Waals surface area contributed by atoms with Gasteiger partial charge in [-0.05, 0) is 18.4 Å². The smallest absolute Gasteiger partial charge is 0.123 e. The maximum absolute atomic E-state index is 5.92. The molecule has 0 spiro atoms. The molecular formula is C15H26N2O2. The minimum atomic E-state index is -0.115. The highest BCUT2D eigenvalue weighted by molar-refractivity contribution is 5.36. The van der Waals surface area contributed by atoms with E-state index < -0.39 is 0 Å². The molecular weight excluding hydrogens is 240 g/mol. The third-order valence-corrected chi connectivity index (χ3v) is 3.16. The second-order valence-electron chi connectivity index (χ2n) is 5.63. The van der Waals surface area contributed by atoms with Crippen LogP contribution in [0.3, 0.4) is 0 Å². The molecule has 1 aromatic carbocycles. The first kappa shape index (κ1) is 16.0. The fraction of sp³-hybridized carbons (Fsp3) is 0.600. The molecule has 4 heteroatoms. The number of benzene rings is 1. The average Bonchev–Trinajstić information content (AvgIpc) is 2.38. The summed E-state index contributed by atoms with van der Waals surface area (Å²) in [5, 5.41) is 0. The summed E-state index contributed by atoms with van der Waals surface area (Å²) >= 11 is 0. The normalized spacial score (nSPS) is 15.1. The van der Waals surface area contributed by atoms with Crippen LogP contribution in [0.5, 0.6) is 5.75 Å². The molecule has 1 aromatic rings. The van der Waals surface area contributed by atoms with Gasteiger partial charge in [0.1, 0.15) is 5.75 Å². The number of hydrazine groups is 1. The Morgan fingerprint density at radius 1 is 1.26 bits per heavy atom. The van der Waals surface area contributed by atoms with Gasteiger partial charge >= 0.3 is 0 Å². The Kier molecular flexibility index (Phi) is 5.79. The molecule has 0 bridgehead atoms. The maximum atomic E-state index is 5.92. The number of methoxy groups -OCH3 is 1. The number of nitrogens with one attached hydrogen (secondary N) is 1. The minimum absolute atomic E-state index is 0.0338. The van der Waals surface area contributed by atoms with Crippen molar-refractivity contribution >= 4 is 0 Å². The first-order valence-corrected chi connectivity index (χ1v) is 6.66. The van der Waals surface area contributed by atoms with Crippen LogP contribution in [0.1, 0.15) is 39.3 Å². The van der Waals surface area contributed by atoms with E-state index in [1.54, 1.807) is 7.11 Å². The lowest BCUT2D eigenvalue weighted by Crippen LogP contribution is -2.44. The SMILES string of the molecule is CCOC(C(NN)c1ccccc1OC)C(C)(C)C. The number of nitrogens with two attached hydrogens (primary N) is 1. The van der Waals surface area contributed by atoms with Crippen molar-refractivity contribution in [1.82, 2.24) is 5.43 Å². The molecule has 0 aliphatic rings. The van der Waals surface area contributed by atoms with Crippen LogP contribution in [0.25, 0.3) is 0 Å². The highest BCUT2D eigenvalue weighted by Crippen LogP contribution is 2.35. The van der Waals surface area contributed by atoms with E-state index in [4.69, 9.17) is 15.3 Å². The number of hydrogen-bond acceptors (Lipinski definition) is 4. The van der Waals surface area contributed by atoms with Crippen LogP contribution in [-0.2, 0) is 4.74 Å². The Morgan fingerprint density at radius 3 is 2.37 bits per heavy atom. The lowest BCUT2D eigenvalue weighted by Gasteiger charge is -2.37. The van der Waals surface area contributed by atoms with Crippen LogP contribution >= 0.6 is 0 Å². The molecule has 0 aliphatic carbocycles. The van der Waals surface area contributed by atoms with Crippen molar-refractivity contribution in [2.45, 2.75) is 39.8 Å². The number of para-hydroxylation sites is 1. The van der Waals surface area contributed by atoms with Crippen molar-refractivity contribution in [2.75, 3.05) is 13.7 Å². The highest BCUT2D eigenvalue weighted by atomic mass is 16.5. The average molecular weight is 266 g/mol. The van der Waals surface area contributed by atoms with Gasteiger partial charge in [0.05, 0.1) is 19.3 Å². The zero-order valence-electron chi connectivity index (χ0n) is 12.6. The monoisotopic (exact) mass is 266 g/mol. The first-order chi connectivity index (χ1) is 8.95. The molecule has 4 nitrogen and oxygen atoms in total. The zero-order valence-corrected chi connectivity index (χ0v) is 12.6. The van der Waals surface area contributed by atoms with Crippen LogP contribution in [-0.4, -0.2) is 19.8 Å². The van der Waals surface area contributed by atoms with Gasteiger partial charge in [0.2, 0.25) is 0 Å². The number of ether oxygens (including phenoxy) is 2. The van der Waals surface area contributed by atoms with E-state index in [0.29, 0.717) is 6.61 Å². The first-order valence-electron chi connectivity index (χ1n) is 6.66. The molecule has 0 saturated carbocycles. The molecule has 0 radical (unpaired) electrons. The van der Waals surface area contributed by atoms with E-state index in [1.807, 2.05) is 31.2 Å². The molecule has 19 heavy (non-hydrogen) atoms. The third kappa shape index (κ3) is 3.93. The van der Waals surface area contributed by atoms with Crippen molar-refractivity contribution in [3.63, 3.8) is 0 Å². The standard InChI is InChI=1S/C15H26N2O2/c1-6-19-14(15(2,3)4)13(17-16)11-9-7-8-10-12(11)18-5/h7-10,13-14,17H,6,16H2,1-5H3. The van der Waals surface area contributed by atoms with E-state index in [9.17, 15) is 0 Å². The van der Waals surface area contributed by atoms with Gasteiger partial charge < -0.3 is 9.47 Å². The van der Waals surface area contributed by atoms with Crippen molar-refractivity contribution in [1.29, 1.82) is 0 Å². The molecule has 0 fully saturated rings. The van der Waals surface area contributed by atoms with Crippen molar-refractivity contribution in [3.05, 3.63) is 29.8 Å². The molecule has 0 heterocycles. The Balaban J connectivity index is 3.16. The van der Waals surface area contributed by atoms with Gasteiger partial charge in [-0.15, -0.1) is 0 Å². The molecule has 0 saturated heterocycles. The van der Waals surface area contributed by atoms with Gasteiger partial charge in [0, 0.05) is 12.2 Å². The number of rotatable bonds is 6. The highest BCUT2D eigenvalue weighted by Gasteiger charge is 2.34. The maximum Gasteiger partial charge on any atom is 0.123 e. The quantitative estimate of drug-likeness (QED) is 0.614. The second-order valence-corrected chi connectivity index (χ2v) is 5.63. The summed E-state index contributed by atoms with van der Waals surface area (Å²) in [6.07, 6.45) is -0.0428. The Bertz CT molecular complexity index is 388. The lowest BCUT2D eigenvalue weighted by molar-refractivity contribution is -0.0370. The molecule has 2 atom stereocenters. The van der Waals surface area contributed by atoms with Gasteiger partial charge in [-0.25, -0.2) is 0 Å². The van der Waals surface area contributed by atoms with E-state index in [-0.39, 0.29) is 17.6 Å². The largest absolute Gasteiger partial charge is 0.496 e. The topological polar surface area (TPSA) is 56.5 Å². The predicted molar refractivity (Wildman–Crippen MR) is 77.9 cm³/mol. The lowest BCUT2D eigenvalue weighted by atomic mass is 9.82. The van der Waals surface area contributed by atoms with E-state index in [0.717, 1.165) is 11.3 Å². The van der Waals surface area contributed by atoms with Gasteiger partial charge in [0.15, 0.2) is 0 Å². The molecule has 1 rings (SSSR count). The van der Waals surface area contributed by atoms with Crippen LogP contribution in [0.4, 0.5) is 0 Å². The fourth-order valence-corrected chi connectivity index (χ4v) is 2.29. The summed E-state index contributed by atoms with van der Waals surface area (Å²) in [7, 11) is 1.67. The van der Waals surface area contributed by atoms with Crippen LogP contribution in [0, 0.1) is 5.41 Å². The second kappa shape index (κ2) is 6.89. The van der Waals surface area contributed by atoms with Crippen LogP contribution in [0.2, 0.25) is 0 Å². The third-order valence-electron chi connectivity index (χ3n) is 3.16. The summed E-state index contributed by atoms with van der Waals surface area (Å²) < 4.78 is 11.3. The summed E-state index contributed by atoms with van der Waals surface area (Å²) in [5.41, 5.74) is 3.86. The summed E-state index contributed by atoms with van der Waals surface area (Å²) in [6.45, 7) is 9.08. The van der Waals surface area contributed by atoms with Gasteiger partial charge in [-0.2, -0.15) is 0 Å². The Labute approximate surface area is 116 Å². The summed E-state index contributed by atoms with van der Waals surface area (Å²) in [4.78, 5) is 0. The molecule has 0 amide bonds. The zero-order chi connectivity index (χ0) is 14.5. The molecule has 2 unspecified atom stereocenters. The van der Waals surface area contributed by atoms with Crippen LogP contribution < -0.4 is 16.0 Å². The molecule has 3 N–H and O–H groups in total. The summed E-state index contributed by atoms with van der Waals surface area (Å²) in [5.74, 6) is 6.59. The minimum Gasteiger partial charge on any atom is -0.496 e. The Hall–Kier alpha value is -1.10. The van der Waals surface area contributed by atoms with E-state index in [1.165, 1.54) is 0 Å². The molecule has 0 aliphatic heterocycles. The Morgan fingerprint density at radius 2 is 1.89 bits per heavy atom. The predicted octanol–water partition coefficient (Wildman–Crippen LogP) is 2.65. The summed E-state index contributed by atoms with van der Waals surface area (Å²) in [6, 6.07) is 7.76. The molecule has 0 aromatic heterocycles. The van der Waals surface area contributed by atoms with E-state index >= 15 is 0 Å². The number of hydrogen-bond donors (Lipinski definition) is 2. The van der Waals surface area contributed by atoms with Crippen molar-refractivity contribution in [2.24, 2.45) is 11.3 Å². The van der Waals surface area contributed by atoms with Gasteiger partial charge in [-0.1, -0.05) is 39.0 Å². The molecule has 108 valence electrons. The fourth-order valence-electron chi connectivity index (χ4n) is 2.29. The van der Waals surface area contributed by atoms with E-state index in [2.05, 4.69) is 26.2 Å². The van der Waals surface area contributed by atoms with Gasteiger partial charge in [0.25, 0.3) is 0 Å².